The predicted octanol–water partition coefficient (Wildman–Crippen LogP) is 2.08. The van der Waals surface area contributed by atoms with Gasteiger partial charge in [0.05, 0.1) is 12.8 Å². The number of piperidine rings is 1. The first-order chi connectivity index (χ1) is 13.1. The van der Waals surface area contributed by atoms with E-state index in [2.05, 4.69) is 15.5 Å². The lowest BCUT2D eigenvalue weighted by molar-refractivity contribution is -0.127. The average Bonchev–Trinajstić information content (AvgIpc) is 3.23. The second kappa shape index (κ2) is 8.81. The van der Waals surface area contributed by atoms with E-state index < -0.39 is 0 Å². The fourth-order valence-corrected chi connectivity index (χ4v) is 3.42. The van der Waals surface area contributed by atoms with Crippen LogP contribution in [0.25, 0.3) is 11.1 Å². The Balaban J connectivity index is 1.57. The summed E-state index contributed by atoms with van der Waals surface area (Å²) in [5, 5.41) is 9.71. The monoisotopic (exact) mass is 370 g/mol. The van der Waals surface area contributed by atoms with Crippen molar-refractivity contribution in [3.05, 3.63) is 42.2 Å². The Bertz CT molecular complexity index is 767. The van der Waals surface area contributed by atoms with Crippen LogP contribution in [0.3, 0.4) is 0 Å². The lowest BCUT2D eigenvalue weighted by Crippen LogP contribution is -2.45. The van der Waals surface area contributed by atoms with Crippen molar-refractivity contribution in [2.75, 3.05) is 26.8 Å². The molecule has 2 amide bonds. The van der Waals surface area contributed by atoms with Gasteiger partial charge in [0.1, 0.15) is 0 Å². The quantitative estimate of drug-likeness (QED) is 0.815. The number of hydrogen-bond donors (Lipinski definition) is 2. The summed E-state index contributed by atoms with van der Waals surface area (Å²) in [6.45, 7) is 3.60. The molecule has 1 aliphatic heterocycles. The second-order valence-corrected chi connectivity index (χ2v) is 7.00. The van der Waals surface area contributed by atoms with Crippen LogP contribution in [0.2, 0.25) is 0 Å². The van der Waals surface area contributed by atoms with E-state index in [9.17, 15) is 9.59 Å². The minimum absolute atomic E-state index is 0.00644. The number of aromatic amines is 1. The highest BCUT2D eigenvalue weighted by Gasteiger charge is 2.28. The fourth-order valence-electron chi connectivity index (χ4n) is 3.42. The zero-order chi connectivity index (χ0) is 19.2. The van der Waals surface area contributed by atoms with Gasteiger partial charge in [0.25, 0.3) is 5.91 Å². The zero-order valence-corrected chi connectivity index (χ0v) is 15.8. The molecule has 0 aliphatic carbocycles. The van der Waals surface area contributed by atoms with Crippen LogP contribution in [0.15, 0.2) is 36.7 Å². The molecule has 1 aliphatic rings. The third-order valence-corrected chi connectivity index (χ3v) is 4.90. The van der Waals surface area contributed by atoms with E-state index in [1.165, 1.54) is 0 Å². The first kappa shape index (κ1) is 19.1. The van der Waals surface area contributed by atoms with Gasteiger partial charge in [0.15, 0.2) is 0 Å². The minimum atomic E-state index is -0.0504. The van der Waals surface area contributed by atoms with Crippen LogP contribution in [0.5, 0.6) is 0 Å². The summed E-state index contributed by atoms with van der Waals surface area (Å²) in [7, 11) is 1.62. The summed E-state index contributed by atoms with van der Waals surface area (Å²) >= 11 is 0. The topological polar surface area (TPSA) is 87.3 Å². The van der Waals surface area contributed by atoms with Crippen molar-refractivity contribution in [2.45, 2.75) is 25.8 Å². The van der Waals surface area contributed by atoms with Gasteiger partial charge in [-0.1, -0.05) is 12.1 Å². The standard InChI is InChI=1S/C20H26N4O3/c1-14(13-27-2)23-19(25)15-6-8-24(9-7-15)20(26)17-5-3-4-16(10-17)18-11-21-22-12-18/h3-5,10-12,14-15H,6-9,13H2,1-2H3,(H,21,22)(H,23,25)/t14-/m1/s1. The summed E-state index contributed by atoms with van der Waals surface area (Å²) < 4.78 is 5.05. The molecule has 3 rings (SSSR count). The van der Waals surface area contributed by atoms with Crippen LogP contribution in [-0.4, -0.2) is 59.8 Å². The van der Waals surface area contributed by atoms with Crippen molar-refractivity contribution in [1.82, 2.24) is 20.4 Å². The van der Waals surface area contributed by atoms with E-state index in [-0.39, 0.29) is 23.8 Å². The van der Waals surface area contributed by atoms with Crippen molar-refractivity contribution >= 4 is 11.8 Å². The number of benzene rings is 1. The molecule has 1 aromatic carbocycles. The molecule has 1 fully saturated rings. The highest BCUT2D eigenvalue weighted by atomic mass is 16.5. The predicted molar refractivity (Wildman–Crippen MR) is 102 cm³/mol. The van der Waals surface area contributed by atoms with Gasteiger partial charge in [-0.2, -0.15) is 5.10 Å². The van der Waals surface area contributed by atoms with E-state index in [1.54, 1.807) is 19.5 Å². The summed E-state index contributed by atoms with van der Waals surface area (Å²) in [5.41, 5.74) is 2.56. The molecule has 0 radical (unpaired) electrons. The Morgan fingerprint density at radius 2 is 2.11 bits per heavy atom. The van der Waals surface area contributed by atoms with Crippen molar-refractivity contribution in [3.8, 4) is 11.1 Å². The molecule has 7 nitrogen and oxygen atoms in total. The number of ether oxygens (including phenoxy) is 1. The number of aromatic nitrogens is 2. The fraction of sp³-hybridized carbons (Fsp3) is 0.450. The summed E-state index contributed by atoms with van der Waals surface area (Å²) in [6, 6.07) is 7.55. The second-order valence-electron chi connectivity index (χ2n) is 7.00. The summed E-state index contributed by atoms with van der Waals surface area (Å²) in [6.07, 6.45) is 4.90. The Labute approximate surface area is 159 Å². The SMILES string of the molecule is COC[C@@H](C)NC(=O)C1CCN(C(=O)c2cccc(-c3cn[nH]c3)c2)CC1. The molecule has 2 heterocycles. The van der Waals surface area contributed by atoms with Gasteiger partial charge in [-0.15, -0.1) is 0 Å². The van der Waals surface area contributed by atoms with E-state index in [0.29, 0.717) is 38.1 Å². The number of nitrogens with one attached hydrogen (secondary N) is 2. The molecule has 2 aromatic rings. The van der Waals surface area contributed by atoms with E-state index in [4.69, 9.17) is 4.74 Å². The van der Waals surface area contributed by atoms with Crippen LogP contribution in [0.1, 0.15) is 30.1 Å². The van der Waals surface area contributed by atoms with Crippen molar-refractivity contribution < 1.29 is 14.3 Å². The van der Waals surface area contributed by atoms with Crippen LogP contribution in [-0.2, 0) is 9.53 Å². The summed E-state index contributed by atoms with van der Waals surface area (Å²) in [5.74, 6) is 0.00572. The molecular weight excluding hydrogens is 344 g/mol. The van der Waals surface area contributed by atoms with Crippen LogP contribution in [0, 0.1) is 5.92 Å². The van der Waals surface area contributed by atoms with Gasteiger partial charge in [-0.05, 0) is 37.5 Å². The van der Waals surface area contributed by atoms with Crippen LogP contribution < -0.4 is 5.32 Å². The highest BCUT2D eigenvalue weighted by molar-refractivity contribution is 5.95. The van der Waals surface area contributed by atoms with Gasteiger partial charge in [0.2, 0.25) is 5.91 Å². The first-order valence-electron chi connectivity index (χ1n) is 9.26. The third-order valence-electron chi connectivity index (χ3n) is 4.90. The molecule has 1 atom stereocenters. The lowest BCUT2D eigenvalue weighted by Gasteiger charge is -2.32. The normalized spacial score (nSPS) is 16.1. The maximum absolute atomic E-state index is 12.8. The highest BCUT2D eigenvalue weighted by Crippen LogP contribution is 2.22. The number of methoxy groups -OCH3 is 1. The number of nitrogens with zero attached hydrogens (tertiary/aromatic N) is 2. The Morgan fingerprint density at radius 3 is 2.78 bits per heavy atom. The Morgan fingerprint density at radius 1 is 1.33 bits per heavy atom. The maximum Gasteiger partial charge on any atom is 0.253 e. The number of rotatable bonds is 6. The number of likely N-dealkylation sites (tertiary alicyclic amines) is 1. The molecule has 1 aromatic heterocycles. The van der Waals surface area contributed by atoms with Crippen molar-refractivity contribution in [2.24, 2.45) is 5.92 Å². The molecule has 1 saturated heterocycles. The smallest absolute Gasteiger partial charge is 0.253 e. The van der Waals surface area contributed by atoms with Gasteiger partial charge >= 0.3 is 0 Å². The van der Waals surface area contributed by atoms with Gasteiger partial charge in [-0.3, -0.25) is 14.7 Å². The lowest BCUT2D eigenvalue weighted by atomic mass is 9.95. The van der Waals surface area contributed by atoms with Gasteiger partial charge < -0.3 is 15.0 Å². The largest absolute Gasteiger partial charge is 0.383 e. The molecule has 0 saturated carbocycles. The third kappa shape index (κ3) is 4.74. The molecular formula is C20H26N4O3. The number of carbonyl (C=O) groups excluding carboxylic acids is 2. The Kier molecular flexibility index (Phi) is 6.24. The van der Waals surface area contributed by atoms with Crippen molar-refractivity contribution in [3.63, 3.8) is 0 Å². The number of carbonyl (C=O) groups is 2. The average molecular weight is 370 g/mol. The van der Waals surface area contributed by atoms with E-state index >= 15 is 0 Å². The zero-order valence-electron chi connectivity index (χ0n) is 15.8. The molecule has 0 unspecified atom stereocenters. The van der Waals surface area contributed by atoms with E-state index in [0.717, 1.165) is 11.1 Å². The van der Waals surface area contributed by atoms with Crippen LogP contribution in [0.4, 0.5) is 0 Å². The van der Waals surface area contributed by atoms with Crippen molar-refractivity contribution in [1.29, 1.82) is 0 Å². The molecule has 144 valence electrons. The molecule has 7 heteroatoms. The number of hydrogen-bond acceptors (Lipinski definition) is 4. The van der Waals surface area contributed by atoms with Gasteiger partial charge in [-0.25, -0.2) is 0 Å². The molecule has 0 spiro atoms. The molecule has 2 N–H and O–H groups in total. The first-order valence-corrected chi connectivity index (χ1v) is 9.26. The minimum Gasteiger partial charge on any atom is -0.383 e. The maximum atomic E-state index is 12.8. The summed E-state index contributed by atoms with van der Waals surface area (Å²) in [4.78, 5) is 27.0. The Hall–Kier alpha value is -2.67. The number of H-pyrrole nitrogens is 1. The number of amides is 2. The molecule has 0 bridgehead atoms. The van der Waals surface area contributed by atoms with E-state index in [1.807, 2.05) is 36.1 Å². The molecule has 27 heavy (non-hydrogen) atoms. The van der Waals surface area contributed by atoms with Gasteiger partial charge in [0, 0.05) is 49.5 Å². The van der Waals surface area contributed by atoms with Crippen LogP contribution >= 0.6 is 0 Å².